The Balaban J connectivity index is 1.65. The third-order valence-corrected chi connectivity index (χ3v) is 4.21. The molecule has 1 heterocycles. The number of carbonyl (C=O) groups is 1. The van der Waals surface area contributed by atoms with Crippen LogP contribution in [-0.2, 0) is 0 Å². The first kappa shape index (κ1) is 20.3. The van der Waals surface area contributed by atoms with Gasteiger partial charge in [-0.1, -0.05) is 32.0 Å². The van der Waals surface area contributed by atoms with Crippen LogP contribution in [0.5, 0.6) is 5.75 Å². The molecule has 0 aliphatic carbocycles. The lowest BCUT2D eigenvalue weighted by Gasteiger charge is -2.14. The van der Waals surface area contributed by atoms with Crippen LogP contribution in [0.2, 0.25) is 0 Å². The van der Waals surface area contributed by atoms with Crippen LogP contribution in [0.4, 0.5) is 17.2 Å². The lowest BCUT2D eigenvalue weighted by molar-refractivity contribution is 0.102. The molecule has 2 N–H and O–H groups in total. The van der Waals surface area contributed by atoms with Gasteiger partial charge >= 0.3 is 0 Å². The fraction of sp³-hybridized carbons (Fsp3) is 0.261. The van der Waals surface area contributed by atoms with Gasteiger partial charge in [0.1, 0.15) is 17.3 Å². The van der Waals surface area contributed by atoms with E-state index in [0.29, 0.717) is 17.4 Å². The summed E-state index contributed by atoms with van der Waals surface area (Å²) in [7, 11) is 0. The van der Waals surface area contributed by atoms with E-state index >= 15 is 0 Å². The molecule has 2 aromatic carbocycles. The Morgan fingerprint density at radius 2 is 1.66 bits per heavy atom. The average Bonchev–Trinajstić information content (AvgIpc) is 2.70. The number of nitrogens with one attached hydrogen (secondary N) is 2. The van der Waals surface area contributed by atoms with Gasteiger partial charge in [-0.2, -0.15) is 0 Å². The predicted octanol–water partition coefficient (Wildman–Crippen LogP) is 5.38. The van der Waals surface area contributed by atoms with Crippen molar-refractivity contribution in [3.05, 3.63) is 72.2 Å². The molecule has 0 saturated carbocycles. The highest BCUT2D eigenvalue weighted by Crippen LogP contribution is 2.26. The second kappa shape index (κ2) is 9.19. The quantitative estimate of drug-likeness (QED) is 0.566. The molecule has 6 nitrogen and oxygen atoms in total. The average molecular weight is 390 g/mol. The Morgan fingerprint density at radius 3 is 2.28 bits per heavy atom. The highest BCUT2D eigenvalue weighted by molar-refractivity contribution is 6.02. The Labute approximate surface area is 171 Å². The normalized spacial score (nSPS) is 10.8. The van der Waals surface area contributed by atoms with Gasteiger partial charge in [0.05, 0.1) is 18.5 Å². The molecule has 1 amide bonds. The minimum Gasteiger partial charge on any atom is -0.491 e. The van der Waals surface area contributed by atoms with Crippen molar-refractivity contribution in [2.24, 2.45) is 0 Å². The molecule has 0 fully saturated rings. The number of ether oxygens (including phenoxy) is 1. The summed E-state index contributed by atoms with van der Waals surface area (Å²) in [6, 6.07) is 15.3. The van der Waals surface area contributed by atoms with Crippen LogP contribution in [0.1, 0.15) is 49.7 Å². The number of aromatic nitrogens is 2. The van der Waals surface area contributed by atoms with Crippen molar-refractivity contribution < 1.29 is 9.53 Å². The summed E-state index contributed by atoms with van der Waals surface area (Å²) in [4.78, 5) is 21.0. The standard InChI is InChI=1S/C23H26N4O2/c1-15(2)19-7-5-6-8-20(19)27-22-14-24-21(13-25-22)23(28)26-17-9-11-18(12-10-17)29-16(3)4/h5-16H,1-4H3,(H,25,27)(H,26,28). The Morgan fingerprint density at radius 1 is 0.931 bits per heavy atom. The molecule has 0 unspecified atom stereocenters. The van der Waals surface area contributed by atoms with Crippen molar-refractivity contribution in [2.75, 3.05) is 10.6 Å². The number of anilines is 3. The first-order valence-electron chi connectivity index (χ1n) is 9.68. The molecule has 150 valence electrons. The highest BCUT2D eigenvalue weighted by Gasteiger charge is 2.10. The SMILES string of the molecule is CC(C)Oc1ccc(NC(=O)c2cnc(Nc3ccccc3C(C)C)cn2)cc1. The minimum atomic E-state index is -0.316. The van der Waals surface area contributed by atoms with E-state index < -0.39 is 0 Å². The van der Waals surface area contributed by atoms with Gasteiger partial charge in [0, 0.05) is 11.4 Å². The van der Waals surface area contributed by atoms with Gasteiger partial charge in [0.2, 0.25) is 0 Å². The topological polar surface area (TPSA) is 76.1 Å². The van der Waals surface area contributed by atoms with Crippen molar-refractivity contribution >= 4 is 23.1 Å². The van der Waals surface area contributed by atoms with E-state index in [2.05, 4.69) is 40.5 Å². The van der Waals surface area contributed by atoms with Crippen molar-refractivity contribution in [1.29, 1.82) is 0 Å². The molecule has 0 saturated heterocycles. The third kappa shape index (κ3) is 5.54. The van der Waals surface area contributed by atoms with E-state index in [1.54, 1.807) is 18.3 Å². The Kier molecular flexibility index (Phi) is 6.44. The monoisotopic (exact) mass is 390 g/mol. The van der Waals surface area contributed by atoms with Gasteiger partial charge < -0.3 is 15.4 Å². The summed E-state index contributed by atoms with van der Waals surface area (Å²) in [5.74, 6) is 1.41. The first-order valence-corrected chi connectivity index (χ1v) is 9.68. The zero-order valence-electron chi connectivity index (χ0n) is 17.1. The first-order chi connectivity index (χ1) is 13.9. The van der Waals surface area contributed by atoms with Crippen LogP contribution >= 0.6 is 0 Å². The van der Waals surface area contributed by atoms with Crippen LogP contribution in [0.3, 0.4) is 0 Å². The number of benzene rings is 2. The Bertz CT molecular complexity index is 951. The van der Waals surface area contributed by atoms with E-state index in [0.717, 1.165) is 11.4 Å². The summed E-state index contributed by atoms with van der Waals surface area (Å²) < 4.78 is 5.60. The van der Waals surface area contributed by atoms with Gasteiger partial charge in [-0.05, 0) is 55.7 Å². The molecule has 0 spiro atoms. The van der Waals surface area contributed by atoms with Crippen molar-refractivity contribution in [3.63, 3.8) is 0 Å². The van der Waals surface area contributed by atoms with Gasteiger partial charge in [-0.15, -0.1) is 0 Å². The van der Waals surface area contributed by atoms with E-state index in [4.69, 9.17) is 4.74 Å². The molecule has 0 aliphatic heterocycles. The summed E-state index contributed by atoms with van der Waals surface area (Å²) in [5.41, 5.74) is 3.09. The van der Waals surface area contributed by atoms with Gasteiger partial charge in [0.15, 0.2) is 0 Å². The molecule has 0 aliphatic rings. The minimum absolute atomic E-state index is 0.102. The fourth-order valence-electron chi connectivity index (χ4n) is 2.85. The van der Waals surface area contributed by atoms with E-state index in [-0.39, 0.29) is 17.7 Å². The van der Waals surface area contributed by atoms with Crippen LogP contribution in [0.15, 0.2) is 60.9 Å². The predicted molar refractivity (Wildman–Crippen MR) is 116 cm³/mol. The largest absolute Gasteiger partial charge is 0.491 e. The molecule has 0 bridgehead atoms. The maximum atomic E-state index is 12.4. The maximum absolute atomic E-state index is 12.4. The lowest BCUT2D eigenvalue weighted by atomic mass is 10.0. The number of para-hydroxylation sites is 1. The number of hydrogen-bond donors (Lipinski definition) is 2. The second-order valence-corrected chi connectivity index (χ2v) is 7.30. The third-order valence-electron chi connectivity index (χ3n) is 4.21. The van der Waals surface area contributed by atoms with Gasteiger partial charge in [-0.3, -0.25) is 4.79 Å². The van der Waals surface area contributed by atoms with Crippen molar-refractivity contribution in [2.45, 2.75) is 39.7 Å². The zero-order valence-corrected chi connectivity index (χ0v) is 17.1. The second-order valence-electron chi connectivity index (χ2n) is 7.30. The van der Waals surface area contributed by atoms with Crippen LogP contribution < -0.4 is 15.4 Å². The molecular formula is C23H26N4O2. The summed E-state index contributed by atoms with van der Waals surface area (Å²) in [5, 5.41) is 6.09. The molecule has 3 rings (SSSR count). The number of carbonyl (C=O) groups excluding carboxylic acids is 1. The molecule has 3 aromatic rings. The van der Waals surface area contributed by atoms with Crippen molar-refractivity contribution in [1.82, 2.24) is 9.97 Å². The number of hydrogen-bond acceptors (Lipinski definition) is 5. The van der Waals surface area contributed by atoms with Crippen LogP contribution in [0.25, 0.3) is 0 Å². The summed E-state index contributed by atoms with van der Waals surface area (Å²) in [6.45, 7) is 8.21. The number of amides is 1. The highest BCUT2D eigenvalue weighted by atomic mass is 16.5. The van der Waals surface area contributed by atoms with Crippen LogP contribution in [-0.4, -0.2) is 22.0 Å². The van der Waals surface area contributed by atoms with Crippen molar-refractivity contribution in [3.8, 4) is 5.75 Å². The molecule has 1 aromatic heterocycles. The van der Waals surface area contributed by atoms with E-state index in [1.807, 2.05) is 44.2 Å². The maximum Gasteiger partial charge on any atom is 0.275 e. The zero-order chi connectivity index (χ0) is 20.8. The summed E-state index contributed by atoms with van der Waals surface area (Å²) in [6.07, 6.45) is 3.13. The molecule has 0 atom stereocenters. The molecule has 29 heavy (non-hydrogen) atoms. The lowest BCUT2D eigenvalue weighted by Crippen LogP contribution is -2.14. The van der Waals surface area contributed by atoms with E-state index in [1.165, 1.54) is 11.8 Å². The van der Waals surface area contributed by atoms with Gasteiger partial charge in [0.25, 0.3) is 5.91 Å². The smallest absolute Gasteiger partial charge is 0.275 e. The summed E-state index contributed by atoms with van der Waals surface area (Å²) >= 11 is 0. The van der Waals surface area contributed by atoms with E-state index in [9.17, 15) is 4.79 Å². The molecular weight excluding hydrogens is 364 g/mol. The number of nitrogens with zero attached hydrogens (tertiary/aromatic N) is 2. The van der Waals surface area contributed by atoms with Crippen LogP contribution in [0, 0.1) is 0 Å². The van der Waals surface area contributed by atoms with Gasteiger partial charge in [-0.25, -0.2) is 9.97 Å². The Hall–Kier alpha value is -3.41. The molecule has 6 heteroatoms. The molecule has 0 radical (unpaired) electrons. The number of rotatable bonds is 7. The fourth-order valence-corrected chi connectivity index (χ4v) is 2.85.